The maximum Gasteiger partial charge on any atom is 0.275 e. The van der Waals surface area contributed by atoms with Crippen molar-refractivity contribution in [3.8, 4) is 0 Å². The highest BCUT2D eigenvalue weighted by atomic mass is 35.5. The molecule has 1 aliphatic rings. The molecule has 0 spiro atoms. The second kappa shape index (κ2) is 9.03. The van der Waals surface area contributed by atoms with Gasteiger partial charge in [0.2, 0.25) is 0 Å². The number of rotatable bonds is 6. The minimum atomic E-state index is 0.133. The summed E-state index contributed by atoms with van der Waals surface area (Å²) in [4.78, 5) is 18.6. The van der Waals surface area contributed by atoms with Crippen molar-refractivity contribution in [1.82, 2.24) is 10.3 Å². The average Bonchev–Trinajstić information content (AvgIpc) is 3.14. The number of thiazole rings is 1. The number of halogens is 1. The third-order valence-corrected chi connectivity index (χ3v) is 6.79. The van der Waals surface area contributed by atoms with Gasteiger partial charge < -0.3 is 10.2 Å². The van der Waals surface area contributed by atoms with E-state index in [1.807, 2.05) is 30.3 Å². The van der Waals surface area contributed by atoms with Crippen LogP contribution in [0.4, 0.5) is 0 Å². The predicted octanol–water partition coefficient (Wildman–Crippen LogP) is 3.07. The van der Waals surface area contributed by atoms with Crippen molar-refractivity contribution >= 4 is 39.1 Å². The Morgan fingerprint density at radius 3 is 2.86 bits per heavy atom. The molecule has 0 radical (unpaired) electrons. The van der Waals surface area contributed by atoms with E-state index in [9.17, 15) is 4.79 Å². The number of nitrogens with zero attached hydrogens (tertiary/aromatic N) is 1. The quantitative estimate of drug-likeness (QED) is 0.651. The Bertz CT molecular complexity index is 907. The number of hydrogen-bond donors (Lipinski definition) is 2. The smallest absolute Gasteiger partial charge is 0.275 e. The molecule has 1 saturated heterocycles. The van der Waals surface area contributed by atoms with Crippen LogP contribution < -0.4 is 10.2 Å². The van der Waals surface area contributed by atoms with Gasteiger partial charge in [0, 0.05) is 11.6 Å². The maximum atomic E-state index is 12.4. The average molecular weight is 415 g/mol. The van der Waals surface area contributed by atoms with Crippen LogP contribution in [0.3, 0.4) is 0 Å². The molecule has 28 heavy (non-hydrogen) atoms. The highest BCUT2D eigenvalue weighted by Gasteiger charge is 2.28. The van der Waals surface area contributed by atoms with Gasteiger partial charge in [0.15, 0.2) is 6.54 Å². The molecule has 1 fully saturated rings. The molecular weight excluding hydrogens is 390 g/mol. The lowest BCUT2D eigenvalue weighted by Gasteiger charge is -2.28. The Kier molecular flexibility index (Phi) is 6.25. The Morgan fingerprint density at radius 2 is 2.04 bits per heavy atom. The van der Waals surface area contributed by atoms with Crippen LogP contribution in [0.15, 0.2) is 48.5 Å². The zero-order chi connectivity index (χ0) is 19.3. The van der Waals surface area contributed by atoms with Crippen LogP contribution in [-0.4, -0.2) is 37.1 Å². The number of carbonyl (C=O) groups is 1. The molecule has 2 atom stereocenters. The molecule has 1 aromatic heterocycles. The van der Waals surface area contributed by atoms with E-state index in [1.165, 1.54) is 26.6 Å². The number of benzene rings is 2. The molecule has 2 heterocycles. The first-order chi connectivity index (χ1) is 13.7. The molecule has 4 nitrogen and oxygen atoms in total. The maximum absolute atomic E-state index is 12.4. The third-order valence-electron chi connectivity index (χ3n) is 5.34. The summed E-state index contributed by atoms with van der Waals surface area (Å²) in [6.07, 6.45) is 3.14. The first kappa shape index (κ1) is 19.4. The van der Waals surface area contributed by atoms with Crippen LogP contribution in [0.25, 0.3) is 10.2 Å². The van der Waals surface area contributed by atoms with Gasteiger partial charge in [-0.05, 0) is 49.1 Å². The van der Waals surface area contributed by atoms with Gasteiger partial charge in [-0.25, -0.2) is 4.98 Å². The lowest BCUT2D eigenvalue weighted by molar-refractivity contribution is -0.898. The fourth-order valence-electron chi connectivity index (χ4n) is 3.87. The summed E-state index contributed by atoms with van der Waals surface area (Å²) in [5.74, 6) is 0.594. The first-order valence-corrected chi connectivity index (χ1v) is 11.1. The number of para-hydroxylation sites is 1. The van der Waals surface area contributed by atoms with Crippen molar-refractivity contribution in [3.05, 3.63) is 64.1 Å². The van der Waals surface area contributed by atoms with E-state index >= 15 is 0 Å². The minimum Gasteiger partial charge on any atom is -0.351 e. The second-order valence-electron chi connectivity index (χ2n) is 7.47. The van der Waals surface area contributed by atoms with Gasteiger partial charge in [-0.3, -0.25) is 4.79 Å². The molecule has 4 rings (SSSR count). The van der Waals surface area contributed by atoms with E-state index in [-0.39, 0.29) is 5.91 Å². The van der Waals surface area contributed by atoms with Crippen LogP contribution in [-0.2, 0) is 11.2 Å². The summed E-state index contributed by atoms with van der Waals surface area (Å²) in [6.45, 7) is 3.26. The number of hydrogen-bond acceptors (Lipinski definition) is 3. The molecule has 0 aliphatic carbocycles. The molecular formula is C22H25ClN3OS+. The first-order valence-electron chi connectivity index (χ1n) is 9.87. The SMILES string of the molecule is O=C(C[NH+]1CCC[C@H](c2nc3ccccc3s2)C1)NCCc1ccc(Cl)cc1. The van der Waals surface area contributed by atoms with Gasteiger partial charge in [-0.1, -0.05) is 35.9 Å². The van der Waals surface area contributed by atoms with Gasteiger partial charge in [0.1, 0.15) is 5.01 Å². The summed E-state index contributed by atoms with van der Waals surface area (Å²) >= 11 is 7.71. The molecule has 146 valence electrons. The number of quaternary nitrogens is 1. The molecule has 1 unspecified atom stereocenters. The van der Waals surface area contributed by atoms with E-state index in [4.69, 9.17) is 16.6 Å². The van der Waals surface area contributed by atoms with Crippen LogP contribution in [0.5, 0.6) is 0 Å². The van der Waals surface area contributed by atoms with E-state index in [0.717, 1.165) is 36.5 Å². The van der Waals surface area contributed by atoms with Crippen LogP contribution in [0.2, 0.25) is 5.02 Å². The normalized spacial score (nSPS) is 19.6. The Morgan fingerprint density at radius 1 is 1.21 bits per heavy atom. The number of aromatic nitrogens is 1. The lowest BCUT2D eigenvalue weighted by Crippen LogP contribution is -3.14. The number of likely N-dealkylation sites (tertiary alicyclic amines) is 1. The molecule has 6 heteroatoms. The molecule has 2 aromatic carbocycles. The lowest BCUT2D eigenvalue weighted by atomic mass is 9.99. The summed E-state index contributed by atoms with van der Waals surface area (Å²) in [5, 5.41) is 5.03. The second-order valence-corrected chi connectivity index (χ2v) is 8.96. The number of piperidine rings is 1. The number of amides is 1. The zero-order valence-corrected chi connectivity index (χ0v) is 17.4. The van der Waals surface area contributed by atoms with Gasteiger partial charge in [-0.2, -0.15) is 0 Å². The Hall–Kier alpha value is -1.95. The van der Waals surface area contributed by atoms with Crippen molar-refractivity contribution in [2.75, 3.05) is 26.2 Å². The van der Waals surface area contributed by atoms with Crippen molar-refractivity contribution < 1.29 is 9.69 Å². The fourth-order valence-corrected chi connectivity index (χ4v) is 5.10. The van der Waals surface area contributed by atoms with Gasteiger partial charge in [0.25, 0.3) is 5.91 Å². The van der Waals surface area contributed by atoms with E-state index < -0.39 is 0 Å². The topological polar surface area (TPSA) is 46.4 Å². The van der Waals surface area contributed by atoms with Crippen molar-refractivity contribution in [3.63, 3.8) is 0 Å². The minimum absolute atomic E-state index is 0.133. The van der Waals surface area contributed by atoms with Crippen LogP contribution in [0.1, 0.15) is 29.3 Å². The number of nitrogens with one attached hydrogen (secondary N) is 2. The highest BCUT2D eigenvalue weighted by Crippen LogP contribution is 2.30. The predicted molar refractivity (Wildman–Crippen MR) is 115 cm³/mol. The van der Waals surface area contributed by atoms with Crippen molar-refractivity contribution in [2.24, 2.45) is 0 Å². The Labute approximate surface area is 174 Å². The summed E-state index contributed by atoms with van der Waals surface area (Å²) in [6, 6.07) is 16.1. The molecule has 3 aromatic rings. The number of carbonyl (C=O) groups excluding carboxylic acids is 1. The van der Waals surface area contributed by atoms with E-state index in [1.54, 1.807) is 11.3 Å². The fraction of sp³-hybridized carbons (Fsp3) is 0.364. The third kappa shape index (κ3) is 4.90. The van der Waals surface area contributed by atoms with Crippen LogP contribution >= 0.6 is 22.9 Å². The standard InChI is InChI=1S/C22H24ClN3OS/c23-18-9-7-16(8-10-18)11-12-24-21(27)15-26-13-3-4-17(14-26)22-25-19-5-1-2-6-20(19)28-22/h1-2,5-10,17H,3-4,11-15H2,(H,24,27)/p+1/t17-/m0/s1. The zero-order valence-electron chi connectivity index (χ0n) is 15.8. The van der Waals surface area contributed by atoms with Gasteiger partial charge >= 0.3 is 0 Å². The molecule has 2 N–H and O–H groups in total. The van der Waals surface area contributed by atoms with Gasteiger partial charge in [-0.15, -0.1) is 11.3 Å². The molecule has 1 aliphatic heterocycles. The molecule has 0 bridgehead atoms. The monoisotopic (exact) mass is 414 g/mol. The highest BCUT2D eigenvalue weighted by molar-refractivity contribution is 7.18. The van der Waals surface area contributed by atoms with Crippen molar-refractivity contribution in [2.45, 2.75) is 25.2 Å². The Balaban J connectivity index is 1.27. The summed E-state index contributed by atoms with van der Waals surface area (Å²) < 4.78 is 1.25. The van der Waals surface area contributed by atoms with Gasteiger partial charge in [0.05, 0.1) is 29.2 Å². The van der Waals surface area contributed by atoms with E-state index in [0.29, 0.717) is 19.0 Å². The summed E-state index contributed by atoms with van der Waals surface area (Å²) in [7, 11) is 0. The summed E-state index contributed by atoms with van der Waals surface area (Å²) in [5.41, 5.74) is 2.28. The molecule has 1 amide bonds. The molecule has 0 saturated carbocycles. The largest absolute Gasteiger partial charge is 0.351 e. The van der Waals surface area contributed by atoms with Crippen LogP contribution in [0, 0.1) is 0 Å². The number of fused-ring (bicyclic) bond motifs is 1. The van der Waals surface area contributed by atoms with E-state index in [2.05, 4.69) is 23.5 Å². The van der Waals surface area contributed by atoms with Crippen molar-refractivity contribution in [1.29, 1.82) is 0 Å².